The van der Waals surface area contributed by atoms with Gasteiger partial charge in [-0.15, -0.1) is 11.6 Å². The third-order valence-corrected chi connectivity index (χ3v) is 7.79. The van der Waals surface area contributed by atoms with Gasteiger partial charge in [-0.1, -0.05) is 158 Å². The zero-order valence-electron chi connectivity index (χ0n) is 22.5. The molecular weight excluding hydrogens is 432 g/mol. The van der Waals surface area contributed by atoms with Gasteiger partial charge in [0.05, 0.1) is 4.87 Å². The molecule has 0 aromatic heterocycles. The summed E-state index contributed by atoms with van der Waals surface area (Å²) in [6.07, 6.45) is 23.5. The fourth-order valence-corrected chi connectivity index (χ4v) is 5.52. The van der Waals surface area contributed by atoms with E-state index in [-0.39, 0.29) is 4.87 Å². The summed E-state index contributed by atoms with van der Waals surface area (Å²) in [5, 5.41) is 0. The molecule has 0 fully saturated rings. The highest BCUT2D eigenvalue weighted by atomic mass is 35.5. The highest BCUT2D eigenvalue weighted by molar-refractivity contribution is 6.24. The molecule has 0 aliphatic carbocycles. The number of hydrogen-bond acceptors (Lipinski definition) is 0. The van der Waals surface area contributed by atoms with Crippen LogP contribution in [0.3, 0.4) is 0 Å². The molecule has 0 saturated heterocycles. The Morgan fingerprint density at radius 3 is 1.56 bits per heavy atom. The number of alkyl halides is 1. The van der Waals surface area contributed by atoms with Crippen molar-refractivity contribution in [2.24, 2.45) is 0 Å². The molecule has 0 amide bonds. The third kappa shape index (κ3) is 11.0. The Morgan fingerprint density at radius 1 is 0.588 bits per heavy atom. The molecule has 0 aliphatic rings. The number of benzene rings is 2. The summed E-state index contributed by atoms with van der Waals surface area (Å²) in [4.78, 5) is -0.312. The summed E-state index contributed by atoms with van der Waals surface area (Å²) in [6.45, 7) is 6.71. The van der Waals surface area contributed by atoms with E-state index in [1.807, 2.05) is 0 Å². The molecule has 0 radical (unpaired) electrons. The Labute approximate surface area is 216 Å². The van der Waals surface area contributed by atoms with Crippen molar-refractivity contribution in [2.75, 3.05) is 0 Å². The number of halogens is 1. The van der Waals surface area contributed by atoms with Crippen molar-refractivity contribution < 1.29 is 0 Å². The molecule has 0 aliphatic heterocycles. The number of aryl methyl sites for hydroxylation is 1. The normalized spacial score (nSPS) is 13.2. The first-order valence-electron chi connectivity index (χ1n) is 14.4. The monoisotopic (exact) mass is 482 g/mol. The molecule has 0 nitrogen and oxygen atoms in total. The largest absolute Gasteiger partial charge is 0.114 e. The maximum absolute atomic E-state index is 7.15. The van der Waals surface area contributed by atoms with E-state index in [1.165, 1.54) is 125 Å². The van der Waals surface area contributed by atoms with Crippen LogP contribution < -0.4 is 0 Å². The average Bonchev–Trinajstić information content (AvgIpc) is 2.84. The van der Waals surface area contributed by atoms with Crippen molar-refractivity contribution >= 4 is 11.6 Å². The molecule has 0 heterocycles. The van der Waals surface area contributed by atoms with E-state index in [0.717, 1.165) is 6.42 Å². The zero-order chi connectivity index (χ0) is 24.5. The van der Waals surface area contributed by atoms with Gasteiger partial charge in [-0.2, -0.15) is 0 Å². The van der Waals surface area contributed by atoms with E-state index in [9.17, 15) is 0 Å². The number of hydrogen-bond donors (Lipinski definition) is 0. The highest BCUT2D eigenvalue weighted by Crippen LogP contribution is 2.41. The molecule has 1 atom stereocenters. The van der Waals surface area contributed by atoms with Crippen LogP contribution in [0, 0.1) is 6.92 Å². The molecule has 2 rings (SSSR count). The Bertz CT molecular complexity index is 761. The lowest BCUT2D eigenvalue weighted by Gasteiger charge is -2.27. The summed E-state index contributed by atoms with van der Waals surface area (Å²) >= 11 is 7.15. The maximum atomic E-state index is 7.15. The van der Waals surface area contributed by atoms with Gasteiger partial charge < -0.3 is 0 Å². The minimum Gasteiger partial charge on any atom is -0.114 e. The van der Waals surface area contributed by atoms with Crippen LogP contribution in [-0.4, -0.2) is 0 Å². The van der Waals surface area contributed by atoms with Crippen LogP contribution in [0.4, 0.5) is 0 Å². The van der Waals surface area contributed by atoms with Gasteiger partial charge in [0.2, 0.25) is 0 Å². The molecule has 0 bridgehead atoms. The quantitative estimate of drug-likeness (QED) is 0.138. The van der Waals surface area contributed by atoms with E-state index in [4.69, 9.17) is 11.6 Å². The van der Waals surface area contributed by atoms with Crippen LogP contribution in [0.25, 0.3) is 11.1 Å². The van der Waals surface area contributed by atoms with E-state index >= 15 is 0 Å². The van der Waals surface area contributed by atoms with Crippen LogP contribution in [0.5, 0.6) is 0 Å². The molecule has 190 valence electrons. The molecule has 0 saturated carbocycles. The first-order chi connectivity index (χ1) is 16.6. The molecule has 34 heavy (non-hydrogen) atoms. The SMILES string of the molecule is CCCCCCCCCCCCCCCCCCC(C)(Cl)c1cccc(C)c1-c1ccccc1. The Balaban J connectivity index is 1.57. The van der Waals surface area contributed by atoms with Crippen molar-refractivity contribution in [2.45, 2.75) is 135 Å². The molecule has 1 heteroatoms. The lowest BCUT2D eigenvalue weighted by atomic mass is 9.85. The summed E-state index contributed by atoms with van der Waals surface area (Å²) in [7, 11) is 0. The first-order valence-corrected chi connectivity index (χ1v) is 14.8. The second-order valence-electron chi connectivity index (χ2n) is 10.6. The van der Waals surface area contributed by atoms with Gasteiger partial charge in [0.15, 0.2) is 0 Å². The second kappa shape index (κ2) is 17.2. The van der Waals surface area contributed by atoms with Crippen molar-refractivity contribution in [3.05, 3.63) is 59.7 Å². The Hall–Kier alpha value is -1.27. The van der Waals surface area contributed by atoms with E-state index in [1.54, 1.807) is 0 Å². The summed E-state index contributed by atoms with van der Waals surface area (Å²) in [6, 6.07) is 17.3. The average molecular weight is 483 g/mol. The number of rotatable bonds is 19. The predicted molar refractivity (Wildman–Crippen MR) is 154 cm³/mol. The van der Waals surface area contributed by atoms with Gasteiger partial charge >= 0.3 is 0 Å². The zero-order valence-corrected chi connectivity index (χ0v) is 23.3. The minimum absolute atomic E-state index is 0.312. The Morgan fingerprint density at radius 2 is 1.06 bits per heavy atom. The van der Waals surface area contributed by atoms with E-state index in [0.29, 0.717) is 0 Å². The van der Waals surface area contributed by atoms with Crippen LogP contribution >= 0.6 is 11.6 Å². The van der Waals surface area contributed by atoms with Gasteiger partial charge in [-0.25, -0.2) is 0 Å². The van der Waals surface area contributed by atoms with Crippen LogP contribution in [-0.2, 0) is 4.87 Å². The van der Waals surface area contributed by atoms with Crippen molar-refractivity contribution in [1.82, 2.24) is 0 Å². The van der Waals surface area contributed by atoms with Crippen molar-refractivity contribution in [3.8, 4) is 11.1 Å². The molecule has 2 aromatic rings. The van der Waals surface area contributed by atoms with E-state index in [2.05, 4.69) is 69.3 Å². The predicted octanol–water partition coefficient (Wildman–Crippen LogP) is 11.8. The van der Waals surface area contributed by atoms with Gasteiger partial charge in [0, 0.05) is 0 Å². The lowest BCUT2D eigenvalue weighted by molar-refractivity contribution is 0.509. The molecule has 0 N–H and O–H groups in total. The lowest BCUT2D eigenvalue weighted by Crippen LogP contribution is -2.15. The highest BCUT2D eigenvalue weighted by Gasteiger charge is 2.27. The summed E-state index contributed by atoms with van der Waals surface area (Å²) < 4.78 is 0. The van der Waals surface area contributed by atoms with E-state index < -0.39 is 0 Å². The third-order valence-electron chi connectivity index (χ3n) is 7.40. The molecule has 2 aromatic carbocycles. The summed E-state index contributed by atoms with van der Waals surface area (Å²) in [5.74, 6) is 0. The Kier molecular flexibility index (Phi) is 14.7. The standard InChI is InChI=1S/C33H51Cl/c1-4-5-6-7-8-9-10-11-12-13-14-15-16-17-18-22-28-33(3,34)31-27-23-24-29(2)32(31)30-25-20-19-21-26-30/h19-21,23-27H,4-18,22,28H2,1-3H3. The molecule has 1 unspecified atom stereocenters. The fraction of sp³-hybridized carbons (Fsp3) is 0.636. The first kappa shape index (κ1) is 29.0. The van der Waals surface area contributed by atoms with Gasteiger partial charge in [0.25, 0.3) is 0 Å². The van der Waals surface area contributed by atoms with Crippen LogP contribution in [0.15, 0.2) is 48.5 Å². The fourth-order valence-electron chi connectivity index (χ4n) is 5.23. The second-order valence-corrected chi connectivity index (χ2v) is 11.4. The van der Waals surface area contributed by atoms with Crippen molar-refractivity contribution in [1.29, 1.82) is 0 Å². The minimum atomic E-state index is -0.312. The number of unbranched alkanes of at least 4 members (excludes halogenated alkanes) is 15. The van der Waals surface area contributed by atoms with Crippen LogP contribution in [0.1, 0.15) is 134 Å². The van der Waals surface area contributed by atoms with Gasteiger partial charge in [-0.3, -0.25) is 0 Å². The van der Waals surface area contributed by atoms with Crippen LogP contribution in [0.2, 0.25) is 0 Å². The summed E-state index contributed by atoms with van der Waals surface area (Å²) in [5.41, 5.74) is 5.18. The topological polar surface area (TPSA) is 0 Å². The van der Waals surface area contributed by atoms with Gasteiger partial charge in [0.1, 0.15) is 0 Å². The molecule has 0 spiro atoms. The van der Waals surface area contributed by atoms with Crippen molar-refractivity contribution in [3.63, 3.8) is 0 Å². The maximum Gasteiger partial charge on any atom is 0.0672 e. The molecular formula is C33H51Cl. The smallest absolute Gasteiger partial charge is 0.0672 e. The van der Waals surface area contributed by atoms with Gasteiger partial charge in [-0.05, 0) is 42.5 Å².